The molecule has 12 nitrogen and oxygen atoms in total. The number of phenols is 3. The Hall–Kier alpha value is -5.17. The van der Waals surface area contributed by atoms with Gasteiger partial charge in [-0.25, -0.2) is 0 Å². The fraction of sp³-hybridized carbons (Fsp3) is 0.290. The van der Waals surface area contributed by atoms with E-state index in [-0.39, 0.29) is 33.8 Å². The van der Waals surface area contributed by atoms with Crippen molar-refractivity contribution in [1.82, 2.24) is 0 Å². The van der Waals surface area contributed by atoms with Crippen LogP contribution in [-0.4, -0.2) is 62.4 Å². The quantitative estimate of drug-likeness (QED) is 0.158. The first-order valence-electron chi connectivity index (χ1n) is 13.5. The lowest BCUT2D eigenvalue weighted by Gasteiger charge is -2.24. The molecule has 1 aliphatic rings. The largest absolute Gasteiger partial charge is 0.504 e. The molecule has 4 N–H and O–H groups in total. The number of hydrogen-bond donors (Lipinski definition) is 4. The predicted molar refractivity (Wildman–Crippen MR) is 157 cm³/mol. The highest BCUT2D eigenvalue weighted by atomic mass is 19.1. The second-order valence-corrected chi connectivity index (χ2v) is 9.86. The first kappa shape index (κ1) is 30.3. The van der Waals surface area contributed by atoms with Gasteiger partial charge in [0.25, 0.3) is 5.91 Å². The minimum Gasteiger partial charge on any atom is -0.504 e. The van der Waals surface area contributed by atoms with Gasteiger partial charge in [0.05, 0.1) is 45.3 Å². The number of fused-ring (bicyclic) bond motifs is 1. The molecule has 1 unspecified atom stereocenters. The molecule has 1 amide bonds. The standard InChI is InChI=1S/C31H30FNO11/c1-39-16-9-8-14(11-19(16)40-2)18-12-15(34)22-21(44-18)13-20(41-3)23(30(22)42-4)24-26(29(37)28(36)25(32)27(24)35)33-31(38)17-7-5-6-10-43-17/h8-9,11-13,17,35-37H,5-7,10H2,1-4H3,(H,33,38). The van der Waals surface area contributed by atoms with Crippen LogP contribution >= 0.6 is 0 Å². The Morgan fingerprint density at radius 2 is 1.61 bits per heavy atom. The number of rotatable bonds is 8. The molecule has 3 aromatic carbocycles. The molecule has 5 rings (SSSR count). The molecule has 1 saturated heterocycles. The smallest absolute Gasteiger partial charge is 0.253 e. The highest BCUT2D eigenvalue weighted by molar-refractivity contribution is 6.06. The summed E-state index contributed by atoms with van der Waals surface area (Å²) in [5.41, 5.74) is -1.37. The predicted octanol–water partition coefficient (Wildman–Crippen LogP) is 4.92. The maximum Gasteiger partial charge on any atom is 0.253 e. The summed E-state index contributed by atoms with van der Waals surface area (Å²) in [6, 6.07) is 7.46. The second kappa shape index (κ2) is 12.2. The number of aromatic hydroxyl groups is 3. The van der Waals surface area contributed by atoms with Gasteiger partial charge in [0.2, 0.25) is 5.82 Å². The van der Waals surface area contributed by atoms with Crippen LogP contribution in [0.4, 0.5) is 10.1 Å². The Balaban J connectivity index is 1.75. The molecule has 2 heterocycles. The van der Waals surface area contributed by atoms with Crippen LogP contribution < -0.4 is 29.7 Å². The molecular formula is C31H30FNO11. The van der Waals surface area contributed by atoms with E-state index in [1.807, 2.05) is 0 Å². The number of carbonyl (C=O) groups excluding carboxylic acids is 1. The zero-order chi connectivity index (χ0) is 31.7. The van der Waals surface area contributed by atoms with Gasteiger partial charge < -0.3 is 48.7 Å². The minimum absolute atomic E-state index is 0.00360. The Morgan fingerprint density at radius 3 is 2.25 bits per heavy atom. The van der Waals surface area contributed by atoms with E-state index >= 15 is 4.39 Å². The van der Waals surface area contributed by atoms with Gasteiger partial charge in [-0.2, -0.15) is 4.39 Å². The Bertz CT molecular complexity index is 1810. The molecule has 232 valence electrons. The van der Waals surface area contributed by atoms with Crippen LogP contribution in [0.3, 0.4) is 0 Å². The van der Waals surface area contributed by atoms with Crippen molar-refractivity contribution in [3.8, 4) is 62.7 Å². The van der Waals surface area contributed by atoms with Gasteiger partial charge in [-0.15, -0.1) is 0 Å². The molecular weight excluding hydrogens is 581 g/mol. The fourth-order valence-corrected chi connectivity index (χ4v) is 5.20. The highest BCUT2D eigenvalue weighted by Crippen LogP contribution is 2.55. The third-order valence-corrected chi connectivity index (χ3v) is 7.36. The molecule has 1 fully saturated rings. The van der Waals surface area contributed by atoms with Crippen LogP contribution in [0.2, 0.25) is 0 Å². The summed E-state index contributed by atoms with van der Waals surface area (Å²) in [6.45, 7) is 0.338. The maximum absolute atomic E-state index is 15.1. The van der Waals surface area contributed by atoms with Crippen molar-refractivity contribution in [1.29, 1.82) is 0 Å². The first-order chi connectivity index (χ1) is 21.1. The average Bonchev–Trinajstić information content (AvgIpc) is 3.05. The summed E-state index contributed by atoms with van der Waals surface area (Å²) in [4.78, 5) is 26.7. The molecule has 0 spiro atoms. The van der Waals surface area contributed by atoms with Crippen molar-refractivity contribution in [2.75, 3.05) is 40.4 Å². The van der Waals surface area contributed by atoms with Crippen LogP contribution in [-0.2, 0) is 9.53 Å². The van der Waals surface area contributed by atoms with Crippen LogP contribution in [0, 0.1) is 5.82 Å². The lowest BCUT2D eigenvalue weighted by Crippen LogP contribution is -2.33. The molecule has 0 saturated carbocycles. The number of anilines is 1. The van der Waals surface area contributed by atoms with E-state index in [0.29, 0.717) is 36.5 Å². The lowest BCUT2D eigenvalue weighted by molar-refractivity contribution is -0.129. The molecule has 1 aliphatic heterocycles. The van der Waals surface area contributed by atoms with E-state index in [0.717, 1.165) is 6.42 Å². The number of hydrogen-bond acceptors (Lipinski definition) is 11. The topological polar surface area (TPSA) is 166 Å². The van der Waals surface area contributed by atoms with Crippen molar-refractivity contribution in [2.24, 2.45) is 0 Å². The van der Waals surface area contributed by atoms with Gasteiger partial charge in [0.15, 0.2) is 34.2 Å². The molecule has 44 heavy (non-hydrogen) atoms. The molecule has 0 radical (unpaired) electrons. The summed E-state index contributed by atoms with van der Waals surface area (Å²) in [6.07, 6.45) is 0.963. The average molecular weight is 612 g/mol. The third-order valence-electron chi connectivity index (χ3n) is 7.36. The lowest BCUT2D eigenvalue weighted by atomic mass is 9.96. The Morgan fingerprint density at radius 1 is 0.886 bits per heavy atom. The van der Waals surface area contributed by atoms with Crippen LogP contribution in [0.25, 0.3) is 33.4 Å². The van der Waals surface area contributed by atoms with E-state index in [1.54, 1.807) is 18.2 Å². The number of carbonyl (C=O) groups is 1. The van der Waals surface area contributed by atoms with E-state index < -0.39 is 51.8 Å². The van der Waals surface area contributed by atoms with E-state index in [9.17, 15) is 24.9 Å². The highest BCUT2D eigenvalue weighted by Gasteiger charge is 2.33. The Labute approximate surface area is 250 Å². The third kappa shape index (κ3) is 5.15. The van der Waals surface area contributed by atoms with Crippen molar-refractivity contribution < 1.29 is 52.6 Å². The first-order valence-corrected chi connectivity index (χ1v) is 13.5. The number of ether oxygens (including phenoxy) is 5. The number of halogens is 1. The molecule has 1 aromatic heterocycles. The van der Waals surface area contributed by atoms with Crippen LogP contribution in [0.15, 0.2) is 39.5 Å². The number of phenolic OH excluding ortho intramolecular Hbond substituents is 3. The van der Waals surface area contributed by atoms with Gasteiger partial charge >= 0.3 is 0 Å². The number of benzene rings is 3. The summed E-state index contributed by atoms with van der Waals surface area (Å²) >= 11 is 0. The number of methoxy groups -OCH3 is 4. The molecule has 0 aliphatic carbocycles. The second-order valence-electron chi connectivity index (χ2n) is 9.86. The van der Waals surface area contributed by atoms with E-state index in [4.69, 9.17) is 28.1 Å². The van der Waals surface area contributed by atoms with Gasteiger partial charge in [-0.1, -0.05) is 0 Å². The summed E-state index contributed by atoms with van der Waals surface area (Å²) < 4.78 is 48.4. The maximum atomic E-state index is 15.1. The van der Waals surface area contributed by atoms with Crippen molar-refractivity contribution in [3.05, 3.63) is 46.4 Å². The normalized spacial score (nSPS) is 14.7. The van der Waals surface area contributed by atoms with Crippen LogP contribution in [0.5, 0.6) is 40.2 Å². The van der Waals surface area contributed by atoms with Gasteiger partial charge in [-0.3, -0.25) is 9.59 Å². The van der Waals surface area contributed by atoms with Crippen molar-refractivity contribution >= 4 is 22.6 Å². The zero-order valence-electron chi connectivity index (χ0n) is 24.3. The minimum atomic E-state index is -1.58. The number of amides is 1. The van der Waals surface area contributed by atoms with Crippen molar-refractivity contribution in [3.63, 3.8) is 0 Å². The van der Waals surface area contributed by atoms with Gasteiger partial charge in [0, 0.05) is 24.3 Å². The Kier molecular flexibility index (Phi) is 8.41. The molecule has 0 bridgehead atoms. The molecule has 1 atom stereocenters. The molecule has 4 aromatic rings. The van der Waals surface area contributed by atoms with Crippen molar-refractivity contribution in [2.45, 2.75) is 25.4 Å². The SMILES string of the molecule is COc1ccc(-c2cc(=O)c3c(OC)c(-c4c(O)c(F)c(O)c(O)c4NC(=O)C4CCCCO4)c(OC)cc3o2)cc1OC. The van der Waals surface area contributed by atoms with E-state index in [2.05, 4.69) is 5.32 Å². The summed E-state index contributed by atoms with van der Waals surface area (Å²) in [5.74, 6) is -5.09. The summed E-state index contributed by atoms with van der Waals surface area (Å²) in [7, 11) is 5.44. The van der Waals surface area contributed by atoms with Gasteiger partial charge in [0.1, 0.15) is 34.3 Å². The van der Waals surface area contributed by atoms with E-state index in [1.165, 1.54) is 40.6 Å². The van der Waals surface area contributed by atoms with Gasteiger partial charge in [-0.05, 0) is 37.5 Å². The fourth-order valence-electron chi connectivity index (χ4n) is 5.20. The molecule has 13 heteroatoms. The number of nitrogens with one attached hydrogen (secondary N) is 1. The van der Waals surface area contributed by atoms with Crippen LogP contribution in [0.1, 0.15) is 19.3 Å². The zero-order valence-corrected chi connectivity index (χ0v) is 24.3. The summed E-state index contributed by atoms with van der Waals surface area (Å²) in [5, 5.41) is 34.3. The monoisotopic (exact) mass is 611 g/mol.